The summed E-state index contributed by atoms with van der Waals surface area (Å²) in [6.45, 7) is 7.14. The van der Waals surface area contributed by atoms with Crippen molar-refractivity contribution in [2.24, 2.45) is 10.7 Å². The Labute approximate surface area is 203 Å². The van der Waals surface area contributed by atoms with E-state index in [1.165, 1.54) is 0 Å². The molecule has 180 valence electrons. The second-order valence-electron chi connectivity index (χ2n) is 8.79. The summed E-state index contributed by atoms with van der Waals surface area (Å²) in [5, 5.41) is 9.42. The van der Waals surface area contributed by atoms with E-state index in [0.29, 0.717) is 72.9 Å². The standard InChI is InChI=1S/C24H29ClN6O3/c1-24(2,26)17-14-15(21(32)30-23-27-8-9-28-23)6-7-18(17)29-19-5-3-4-16(20(19)25)22(33)31-10-12-34-13-11-31/h3-7,14,29H,8-13,26H2,1-2H3,(H2,27,28,30,32). The maximum absolute atomic E-state index is 13.0. The number of nitrogens with zero attached hydrogens (tertiary/aromatic N) is 2. The molecule has 5 N–H and O–H groups in total. The van der Waals surface area contributed by atoms with E-state index in [9.17, 15) is 9.59 Å². The van der Waals surface area contributed by atoms with E-state index in [1.54, 1.807) is 41.3 Å². The zero-order valence-electron chi connectivity index (χ0n) is 19.3. The number of nitrogens with one attached hydrogen (secondary N) is 3. The van der Waals surface area contributed by atoms with Crippen LogP contribution in [0, 0.1) is 0 Å². The maximum atomic E-state index is 13.0. The summed E-state index contributed by atoms with van der Waals surface area (Å²) >= 11 is 6.66. The number of carbonyl (C=O) groups is 2. The summed E-state index contributed by atoms with van der Waals surface area (Å²) in [6.07, 6.45) is 0. The molecule has 0 spiro atoms. The molecule has 2 aromatic rings. The van der Waals surface area contributed by atoms with Crippen LogP contribution in [0.25, 0.3) is 0 Å². The van der Waals surface area contributed by atoms with Gasteiger partial charge in [0, 0.05) is 36.4 Å². The van der Waals surface area contributed by atoms with E-state index in [4.69, 9.17) is 22.1 Å². The molecular weight excluding hydrogens is 456 g/mol. The Morgan fingerprint density at radius 2 is 1.94 bits per heavy atom. The van der Waals surface area contributed by atoms with E-state index in [1.807, 2.05) is 13.8 Å². The number of rotatable bonds is 5. The molecule has 2 heterocycles. The van der Waals surface area contributed by atoms with Gasteiger partial charge in [0.15, 0.2) is 5.96 Å². The van der Waals surface area contributed by atoms with Crippen molar-refractivity contribution in [3.63, 3.8) is 0 Å². The van der Waals surface area contributed by atoms with Crippen LogP contribution in [0.15, 0.2) is 41.4 Å². The predicted molar refractivity (Wildman–Crippen MR) is 133 cm³/mol. The smallest absolute Gasteiger partial charge is 0.257 e. The van der Waals surface area contributed by atoms with Crippen molar-refractivity contribution in [1.82, 2.24) is 15.5 Å². The average Bonchev–Trinajstić information content (AvgIpc) is 3.33. The number of morpholine rings is 1. The number of carbonyl (C=O) groups excluding carboxylic acids is 2. The van der Waals surface area contributed by atoms with Gasteiger partial charge >= 0.3 is 0 Å². The number of hydrogen-bond acceptors (Lipinski definition) is 7. The van der Waals surface area contributed by atoms with Gasteiger partial charge in [0.25, 0.3) is 11.8 Å². The molecule has 2 aliphatic heterocycles. The molecular formula is C24H29ClN6O3. The zero-order chi connectivity index (χ0) is 24.3. The lowest BCUT2D eigenvalue weighted by Crippen LogP contribution is -2.40. The van der Waals surface area contributed by atoms with Gasteiger partial charge in [-0.1, -0.05) is 17.7 Å². The molecule has 1 fully saturated rings. The fourth-order valence-electron chi connectivity index (χ4n) is 3.86. The molecule has 0 aliphatic carbocycles. The molecule has 1 saturated heterocycles. The summed E-state index contributed by atoms with van der Waals surface area (Å²) in [6, 6.07) is 10.5. The highest BCUT2D eigenvalue weighted by atomic mass is 35.5. The van der Waals surface area contributed by atoms with Crippen LogP contribution in [0.3, 0.4) is 0 Å². The minimum absolute atomic E-state index is 0.133. The first-order valence-electron chi connectivity index (χ1n) is 11.2. The number of ether oxygens (including phenoxy) is 1. The molecule has 0 bridgehead atoms. The van der Waals surface area contributed by atoms with Crippen LogP contribution in [0.4, 0.5) is 11.4 Å². The molecule has 0 atom stereocenters. The number of benzene rings is 2. The molecule has 4 rings (SSSR count). The third-order valence-corrected chi connectivity index (χ3v) is 6.09. The summed E-state index contributed by atoms with van der Waals surface area (Å²) in [4.78, 5) is 31.6. The topological polar surface area (TPSA) is 121 Å². The summed E-state index contributed by atoms with van der Waals surface area (Å²) in [5.41, 5.74) is 8.56. The Morgan fingerprint density at radius 3 is 2.62 bits per heavy atom. The second kappa shape index (κ2) is 10.0. The first kappa shape index (κ1) is 24.0. The van der Waals surface area contributed by atoms with Gasteiger partial charge in [0.1, 0.15) is 0 Å². The van der Waals surface area contributed by atoms with Crippen LogP contribution in [0.5, 0.6) is 0 Å². The van der Waals surface area contributed by atoms with Crippen molar-refractivity contribution >= 4 is 40.7 Å². The number of aliphatic imine (C=N–C) groups is 1. The number of nitrogens with two attached hydrogens (primary N) is 1. The third kappa shape index (κ3) is 5.32. The number of guanidine groups is 1. The van der Waals surface area contributed by atoms with Gasteiger partial charge in [-0.15, -0.1) is 0 Å². The normalized spacial score (nSPS) is 16.0. The Morgan fingerprint density at radius 1 is 1.18 bits per heavy atom. The fourth-order valence-corrected chi connectivity index (χ4v) is 4.12. The predicted octanol–water partition coefficient (Wildman–Crippen LogP) is 2.44. The highest BCUT2D eigenvalue weighted by Crippen LogP contribution is 2.34. The average molecular weight is 485 g/mol. The number of halogens is 1. The highest BCUT2D eigenvalue weighted by molar-refractivity contribution is 6.36. The minimum atomic E-state index is -0.755. The van der Waals surface area contributed by atoms with Crippen molar-refractivity contribution < 1.29 is 14.3 Å². The molecule has 9 nitrogen and oxygen atoms in total. The van der Waals surface area contributed by atoms with Crippen LogP contribution in [-0.4, -0.2) is 62.1 Å². The molecule has 34 heavy (non-hydrogen) atoms. The molecule has 10 heteroatoms. The molecule has 2 amide bonds. The van der Waals surface area contributed by atoms with E-state index >= 15 is 0 Å². The minimum Gasteiger partial charge on any atom is -0.378 e. The van der Waals surface area contributed by atoms with Gasteiger partial charge in [0.05, 0.1) is 36.0 Å². The summed E-state index contributed by atoms with van der Waals surface area (Å²) in [5.74, 6) is 0.0578. The summed E-state index contributed by atoms with van der Waals surface area (Å²) < 4.78 is 5.34. The fraction of sp³-hybridized carbons (Fsp3) is 0.375. The third-order valence-electron chi connectivity index (χ3n) is 5.68. The van der Waals surface area contributed by atoms with Gasteiger partial charge in [-0.3, -0.25) is 19.9 Å². The van der Waals surface area contributed by atoms with Crippen molar-refractivity contribution in [1.29, 1.82) is 0 Å². The molecule has 2 aliphatic rings. The second-order valence-corrected chi connectivity index (χ2v) is 9.17. The molecule has 0 aromatic heterocycles. The van der Waals surface area contributed by atoms with E-state index in [0.717, 1.165) is 5.56 Å². The Balaban J connectivity index is 1.60. The Kier molecular flexibility index (Phi) is 7.06. The van der Waals surface area contributed by atoms with Crippen molar-refractivity contribution in [2.45, 2.75) is 19.4 Å². The molecule has 0 saturated carbocycles. The quantitative estimate of drug-likeness (QED) is 0.517. The first-order chi connectivity index (χ1) is 16.2. The van der Waals surface area contributed by atoms with Gasteiger partial charge in [0.2, 0.25) is 0 Å². The maximum Gasteiger partial charge on any atom is 0.257 e. The number of anilines is 2. The van der Waals surface area contributed by atoms with E-state index in [-0.39, 0.29) is 11.8 Å². The van der Waals surface area contributed by atoms with Crippen molar-refractivity contribution in [3.05, 3.63) is 58.1 Å². The number of amides is 2. The first-order valence-corrected chi connectivity index (χ1v) is 11.6. The Hall–Kier alpha value is -3.14. The van der Waals surface area contributed by atoms with E-state index < -0.39 is 5.54 Å². The van der Waals surface area contributed by atoms with Gasteiger partial charge < -0.3 is 26.0 Å². The lowest BCUT2D eigenvalue weighted by molar-refractivity contribution is 0.0303. The summed E-state index contributed by atoms with van der Waals surface area (Å²) in [7, 11) is 0. The SMILES string of the molecule is CC(C)(N)c1cc(C(=O)NC2=NCCN2)ccc1Nc1cccc(C(=O)N2CCOCC2)c1Cl. The van der Waals surface area contributed by atoms with Crippen LogP contribution >= 0.6 is 11.6 Å². The van der Waals surface area contributed by atoms with Crippen molar-refractivity contribution in [2.75, 3.05) is 44.7 Å². The van der Waals surface area contributed by atoms with Crippen LogP contribution in [0.2, 0.25) is 5.02 Å². The molecule has 0 unspecified atom stereocenters. The number of hydrogen-bond donors (Lipinski definition) is 4. The van der Waals surface area contributed by atoms with Gasteiger partial charge in [-0.2, -0.15) is 0 Å². The van der Waals surface area contributed by atoms with Crippen LogP contribution in [0.1, 0.15) is 40.1 Å². The van der Waals surface area contributed by atoms with Crippen LogP contribution < -0.4 is 21.7 Å². The van der Waals surface area contributed by atoms with Crippen molar-refractivity contribution in [3.8, 4) is 0 Å². The molecule has 2 aromatic carbocycles. The van der Waals surface area contributed by atoms with E-state index in [2.05, 4.69) is 20.9 Å². The highest BCUT2D eigenvalue weighted by Gasteiger charge is 2.24. The van der Waals surface area contributed by atoms with Crippen LogP contribution in [-0.2, 0) is 10.3 Å². The van der Waals surface area contributed by atoms with Gasteiger partial charge in [-0.05, 0) is 49.7 Å². The lowest BCUT2D eigenvalue weighted by atomic mass is 9.91. The molecule has 0 radical (unpaired) electrons. The lowest BCUT2D eigenvalue weighted by Gasteiger charge is -2.28. The van der Waals surface area contributed by atoms with Gasteiger partial charge in [-0.25, -0.2) is 0 Å². The monoisotopic (exact) mass is 484 g/mol. The zero-order valence-corrected chi connectivity index (χ0v) is 20.0. The largest absolute Gasteiger partial charge is 0.378 e. The Bertz CT molecular complexity index is 1120.